The number of nitrogen functional groups attached to an aromatic ring is 2. The van der Waals surface area contributed by atoms with Crippen LogP contribution in [0.15, 0.2) is 36.4 Å². The average molecular weight is 567 g/mol. The molecule has 6 fully saturated rings. The summed E-state index contributed by atoms with van der Waals surface area (Å²) in [5, 5.41) is 0. The van der Waals surface area contributed by atoms with Crippen molar-refractivity contribution in [2.75, 3.05) is 100 Å². The molecule has 41 heavy (non-hydrogen) atoms. The molecular formula is C30H38N4O7. The third-order valence-corrected chi connectivity index (χ3v) is 8.74. The number of rotatable bonds is 16. The molecule has 11 heteroatoms. The van der Waals surface area contributed by atoms with E-state index in [1.54, 1.807) is 0 Å². The van der Waals surface area contributed by atoms with Crippen LogP contribution in [0.5, 0.6) is 0 Å². The Hall–Kier alpha value is -2.64. The van der Waals surface area contributed by atoms with Crippen molar-refractivity contribution in [1.29, 1.82) is 0 Å². The number of benzene rings is 2. The monoisotopic (exact) mass is 566 g/mol. The van der Waals surface area contributed by atoms with Crippen LogP contribution in [0.1, 0.15) is 11.1 Å². The number of hydrogen-bond donors (Lipinski definition) is 2. The highest BCUT2D eigenvalue weighted by molar-refractivity contribution is 5.64. The van der Waals surface area contributed by atoms with Crippen molar-refractivity contribution in [2.24, 2.45) is 0 Å². The Morgan fingerprint density at radius 3 is 1.24 bits per heavy atom. The zero-order valence-corrected chi connectivity index (χ0v) is 23.2. The molecule has 0 aliphatic carbocycles. The molecule has 4 N–H and O–H groups in total. The Kier molecular flexibility index (Phi) is 6.33. The van der Waals surface area contributed by atoms with Crippen molar-refractivity contribution in [1.82, 2.24) is 0 Å². The van der Waals surface area contributed by atoms with E-state index < -0.39 is 11.2 Å². The second-order valence-electron chi connectivity index (χ2n) is 12.2. The minimum absolute atomic E-state index is 0.289. The van der Waals surface area contributed by atoms with Crippen LogP contribution in [-0.2, 0) is 44.4 Å². The molecular weight excluding hydrogens is 528 g/mol. The summed E-state index contributed by atoms with van der Waals surface area (Å²) in [6.45, 7) is 8.57. The predicted octanol–water partition coefficient (Wildman–Crippen LogP) is 1.23. The maximum absolute atomic E-state index is 6.58. The first-order chi connectivity index (χ1) is 20.0. The molecule has 6 saturated heterocycles. The van der Waals surface area contributed by atoms with Crippen molar-refractivity contribution in [3.05, 3.63) is 47.5 Å². The molecule has 2 aromatic carbocycles. The average Bonchev–Trinajstić information content (AvgIpc) is 3.75. The number of anilines is 4. The molecule has 6 aliphatic rings. The lowest BCUT2D eigenvalue weighted by molar-refractivity contribution is 0.0407. The van der Waals surface area contributed by atoms with Crippen molar-refractivity contribution in [2.45, 2.75) is 35.6 Å². The first kappa shape index (κ1) is 26.0. The van der Waals surface area contributed by atoms with Crippen LogP contribution in [0.4, 0.5) is 22.7 Å². The van der Waals surface area contributed by atoms with E-state index in [1.165, 1.54) is 0 Å². The van der Waals surface area contributed by atoms with E-state index in [4.69, 9.17) is 44.6 Å². The van der Waals surface area contributed by atoms with Gasteiger partial charge >= 0.3 is 0 Å². The van der Waals surface area contributed by atoms with E-state index in [0.717, 1.165) is 75.1 Å². The van der Waals surface area contributed by atoms with E-state index in [1.807, 2.05) is 12.1 Å². The van der Waals surface area contributed by atoms with Gasteiger partial charge in [0.2, 0.25) is 0 Å². The maximum atomic E-state index is 6.58. The van der Waals surface area contributed by atoms with Gasteiger partial charge in [0.1, 0.15) is 11.2 Å². The van der Waals surface area contributed by atoms with Gasteiger partial charge in [-0.05, 0) is 24.3 Å². The summed E-state index contributed by atoms with van der Waals surface area (Å²) in [5.74, 6) is 0. The minimum atomic E-state index is -0.533. The van der Waals surface area contributed by atoms with Gasteiger partial charge in [-0.1, -0.05) is 12.1 Å². The lowest BCUT2D eigenvalue weighted by Gasteiger charge is -2.25. The van der Waals surface area contributed by atoms with Crippen molar-refractivity contribution in [3.8, 4) is 0 Å². The number of nitrogens with two attached hydrogens (primary N) is 2. The highest BCUT2D eigenvalue weighted by atomic mass is 16.6. The van der Waals surface area contributed by atoms with Gasteiger partial charge < -0.3 is 54.4 Å². The van der Waals surface area contributed by atoms with Gasteiger partial charge in [-0.15, -0.1) is 0 Å². The molecule has 6 aliphatic heterocycles. The molecule has 6 heterocycles. The molecule has 2 aromatic rings. The highest BCUT2D eigenvalue weighted by Gasteiger charge is 2.52. The molecule has 6 unspecified atom stereocenters. The molecule has 0 bridgehead atoms. The second kappa shape index (κ2) is 9.98. The van der Waals surface area contributed by atoms with Crippen molar-refractivity contribution in [3.63, 3.8) is 0 Å². The summed E-state index contributed by atoms with van der Waals surface area (Å²) in [6, 6.07) is 12.4. The minimum Gasteiger partial charge on any atom is -0.398 e. The van der Waals surface area contributed by atoms with Gasteiger partial charge in [0.25, 0.3) is 0 Å². The van der Waals surface area contributed by atoms with Gasteiger partial charge in [-0.3, -0.25) is 0 Å². The quantitative estimate of drug-likeness (QED) is 0.224. The summed E-state index contributed by atoms with van der Waals surface area (Å²) in [4.78, 5) is 4.60. The molecule has 0 radical (unpaired) electrons. The Balaban J connectivity index is 0.911. The fraction of sp³-hybridized carbons (Fsp3) is 0.600. The largest absolute Gasteiger partial charge is 0.398 e. The summed E-state index contributed by atoms with van der Waals surface area (Å²) in [5.41, 5.74) is 17.6. The molecule has 6 atom stereocenters. The number of nitrogens with zero attached hydrogens (tertiary/aromatic N) is 2. The summed E-state index contributed by atoms with van der Waals surface area (Å²) < 4.78 is 40.0. The van der Waals surface area contributed by atoms with Gasteiger partial charge in [0.15, 0.2) is 0 Å². The Morgan fingerprint density at radius 1 is 0.634 bits per heavy atom. The van der Waals surface area contributed by atoms with Crippen molar-refractivity contribution >= 4 is 22.7 Å². The van der Waals surface area contributed by atoms with E-state index >= 15 is 0 Å². The summed E-state index contributed by atoms with van der Waals surface area (Å²) >= 11 is 0. The molecule has 0 spiro atoms. The van der Waals surface area contributed by atoms with Crippen LogP contribution < -0.4 is 21.3 Å². The third-order valence-electron chi connectivity index (χ3n) is 8.74. The van der Waals surface area contributed by atoms with Crippen LogP contribution in [0.2, 0.25) is 0 Å². The zero-order valence-electron chi connectivity index (χ0n) is 23.2. The third kappa shape index (κ3) is 5.85. The van der Waals surface area contributed by atoms with Crippen molar-refractivity contribution < 1.29 is 33.2 Å². The Morgan fingerprint density at radius 2 is 0.976 bits per heavy atom. The van der Waals surface area contributed by atoms with E-state index in [2.05, 4.69) is 34.1 Å². The highest BCUT2D eigenvalue weighted by Crippen LogP contribution is 2.46. The Bertz CT molecular complexity index is 1160. The topological polar surface area (TPSA) is 143 Å². The van der Waals surface area contributed by atoms with Crippen LogP contribution >= 0.6 is 0 Å². The molecule has 220 valence electrons. The normalized spacial score (nSPS) is 33.8. The zero-order chi connectivity index (χ0) is 27.6. The van der Waals surface area contributed by atoms with E-state index in [0.29, 0.717) is 37.8 Å². The van der Waals surface area contributed by atoms with Crippen LogP contribution in [0, 0.1) is 0 Å². The second-order valence-corrected chi connectivity index (χ2v) is 12.2. The molecule has 0 aromatic heterocycles. The predicted molar refractivity (Wildman–Crippen MR) is 151 cm³/mol. The molecule has 0 saturated carbocycles. The lowest BCUT2D eigenvalue weighted by Crippen LogP contribution is -2.32. The lowest BCUT2D eigenvalue weighted by atomic mass is 9.97. The van der Waals surface area contributed by atoms with Gasteiger partial charge in [0, 0.05) is 60.1 Å². The van der Waals surface area contributed by atoms with Gasteiger partial charge in [0.05, 0.1) is 77.3 Å². The SMILES string of the molecule is Nc1cc(N(CC2CO2)CC2CO2)ccc1C1(COCC2(c3ccc(N(CC4CO4)CC4CO4)cc3N)CO2)CO1. The molecule has 11 nitrogen and oxygen atoms in total. The van der Waals surface area contributed by atoms with Crippen LogP contribution in [0.25, 0.3) is 0 Å². The van der Waals surface area contributed by atoms with Crippen LogP contribution in [-0.4, -0.2) is 103 Å². The fourth-order valence-electron chi connectivity index (χ4n) is 5.76. The number of hydrogen-bond acceptors (Lipinski definition) is 11. The molecule has 8 rings (SSSR count). The summed E-state index contributed by atoms with van der Waals surface area (Å²) in [6.07, 6.45) is 1.16. The molecule has 0 amide bonds. The fourth-order valence-corrected chi connectivity index (χ4v) is 5.76. The van der Waals surface area contributed by atoms with Crippen LogP contribution in [0.3, 0.4) is 0 Å². The first-order valence-electron chi connectivity index (χ1n) is 14.6. The summed E-state index contributed by atoms with van der Waals surface area (Å²) in [7, 11) is 0. The van der Waals surface area contributed by atoms with E-state index in [-0.39, 0.29) is 24.4 Å². The van der Waals surface area contributed by atoms with E-state index in [9.17, 15) is 0 Å². The smallest absolute Gasteiger partial charge is 0.142 e. The van der Waals surface area contributed by atoms with Gasteiger partial charge in [-0.25, -0.2) is 0 Å². The number of ether oxygens (including phenoxy) is 7. The Labute approximate surface area is 239 Å². The standard InChI is InChI=1S/C30H38N4O7/c31-27-5-19(33(7-21-11-36-21)8-22-12-37-22)1-3-25(27)29(17-40-29)15-35-16-30(18-41-30)26-4-2-20(6-28(26)32)34(9-23-13-38-23)10-24-14-39-24/h1-6,21-24H,7-18,31-32H2. The van der Waals surface area contributed by atoms with Gasteiger partial charge in [-0.2, -0.15) is 0 Å². The number of epoxide rings is 6. The first-order valence-corrected chi connectivity index (χ1v) is 14.6. The maximum Gasteiger partial charge on any atom is 0.142 e.